The molecule has 1 aromatic carbocycles. The highest BCUT2D eigenvalue weighted by atomic mass is 35.5. The van der Waals surface area contributed by atoms with Crippen LogP contribution in [0.2, 0.25) is 5.02 Å². The molecule has 0 bridgehead atoms. The molecular formula is C14H22ClNO. The van der Waals surface area contributed by atoms with Crippen LogP contribution in [0.25, 0.3) is 0 Å². The van der Waals surface area contributed by atoms with Gasteiger partial charge in [0.15, 0.2) is 0 Å². The van der Waals surface area contributed by atoms with Crippen LogP contribution in [0.15, 0.2) is 18.2 Å². The Hall–Kier alpha value is -0.730. The standard InChI is InChI=1S/C14H22ClNO/c1-3-5-8-16-11-12-10-13(15)6-7-14(12)17-9-4-2/h6-7,10,16H,3-5,8-9,11H2,1-2H3. The predicted molar refractivity (Wildman–Crippen MR) is 73.9 cm³/mol. The maximum absolute atomic E-state index is 6.01. The fourth-order valence-corrected chi connectivity index (χ4v) is 1.76. The zero-order valence-corrected chi connectivity index (χ0v) is 11.5. The number of benzene rings is 1. The van der Waals surface area contributed by atoms with Crippen LogP contribution in [0.1, 0.15) is 38.7 Å². The molecule has 0 aliphatic rings. The van der Waals surface area contributed by atoms with Crippen molar-refractivity contribution < 1.29 is 4.74 Å². The average molecular weight is 256 g/mol. The SMILES string of the molecule is CCCCNCc1cc(Cl)ccc1OCCC. The van der Waals surface area contributed by atoms with E-state index in [1.165, 1.54) is 12.8 Å². The van der Waals surface area contributed by atoms with E-state index in [2.05, 4.69) is 19.2 Å². The topological polar surface area (TPSA) is 21.3 Å². The fraction of sp³-hybridized carbons (Fsp3) is 0.571. The molecule has 2 nitrogen and oxygen atoms in total. The highest BCUT2D eigenvalue weighted by molar-refractivity contribution is 6.30. The maximum atomic E-state index is 6.01. The molecule has 0 heterocycles. The Morgan fingerprint density at radius 1 is 1.24 bits per heavy atom. The molecule has 1 N–H and O–H groups in total. The van der Waals surface area contributed by atoms with Gasteiger partial charge in [-0.25, -0.2) is 0 Å². The third-order valence-corrected chi connectivity index (χ3v) is 2.74. The lowest BCUT2D eigenvalue weighted by atomic mass is 10.2. The first-order chi connectivity index (χ1) is 8.27. The molecule has 0 fully saturated rings. The normalized spacial score (nSPS) is 10.5. The molecule has 0 atom stereocenters. The van der Waals surface area contributed by atoms with E-state index in [9.17, 15) is 0 Å². The van der Waals surface area contributed by atoms with Gasteiger partial charge in [0.05, 0.1) is 6.61 Å². The fourth-order valence-electron chi connectivity index (χ4n) is 1.56. The number of rotatable bonds is 8. The van der Waals surface area contributed by atoms with Crippen molar-refractivity contribution in [3.8, 4) is 5.75 Å². The highest BCUT2D eigenvalue weighted by Crippen LogP contribution is 2.23. The summed E-state index contributed by atoms with van der Waals surface area (Å²) in [5.74, 6) is 0.945. The van der Waals surface area contributed by atoms with Gasteiger partial charge in [-0.2, -0.15) is 0 Å². The zero-order chi connectivity index (χ0) is 12.5. The van der Waals surface area contributed by atoms with E-state index >= 15 is 0 Å². The van der Waals surface area contributed by atoms with E-state index in [-0.39, 0.29) is 0 Å². The molecule has 0 radical (unpaired) electrons. The summed E-state index contributed by atoms with van der Waals surface area (Å²) in [7, 11) is 0. The summed E-state index contributed by atoms with van der Waals surface area (Å²) in [6, 6.07) is 5.81. The van der Waals surface area contributed by atoms with Gasteiger partial charge in [0.1, 0.15) is 5.75 Å². The van der Waals surface area contributed by atoms with E-state index in [1.54, 1.807) is 0 Å². The molecule has 3 heteroatoms. The molecule has 96 valence electrons. The monoisotopic (exact) mass is 255 g/mol. The predicted octanol–water partition coefficient (Wildman–Crippen LogP) is 4.02. The summed E-state index contributed by atoms with van der Waals surface area (Å²) >= 11 is 6.01. The third kappa shape index (κ3) is 5.42. The number of halogens is 1. The lowest BCUT2D eigenvalue weighted by Crippen LogP contribution is -2.15. The lowest BCUT2D eigenvalue weighted by molar-refractivity contribution is 0.313. The molecular weight excluding hydrogens is 234 g/mol. The number of unbranched alkanes of at least 4 members (excludes halogenated alkanes) is 1. The first-order valence-electron chi connectivity index (χ1n) is 6.39. The van der Waals surface area contributed by atoms with Crippen LogP contribution in [0, 0.1) is 0 Å². The molecule has 0 aromatic heterocycles. The summed E-state index contributed by atoms with van der Waals surface area (Å²) < 4.78 is 5.70. The Balaban J connectivity index is 2.56. The smallest absolute Gasteiger partial charge is 0.123 e. The van der Waals surface area contributed by atoms with E-state index < -0.39 is 0 Å². The second-order valence-electron chi connectivity index (χ2n) is 4.13. The van der Waals surface area contributed by atoms with Crippen LogP contribution < -0.4 is 10.1 Å². The molecule has 1 aromatic rings. The minimum Gasteiger partial charge on any atom is -0.493 e. The molecule has 0 saturated heterocycles. The van der Waals surface area contributed by atoms with Gasteiger partial charge in [0.25, 0.3) is 0 Å². The Morgan fingerprint density at radius 3 is 2.76 bits per heavy atom. The lowest BCUT2D eigenvalue weighted by Gasteiger charge is -2.12. The largest absolute Gasteiger partial charge is 0.493 e. The molecule has 0 aliphatic carbocycles. The van der Waals surface area contributed by atoms with Crippen molar-refractivity contribution in [1.29, 1.82) is 0 Å². The van der Waals surface area contributed by atoms with Crippen LogP contribution in [-0.2, 0) is 6.54 Å². The van der Waals surface area contributed by atoms with Gasteiger partial charge in [-0.1, -0.05) is 31.9 Å². The highest BCUT2D eigenvalue weighted by Gasteiger charge is 2.04. The van der Waals surface area contributed by atoms with Crippen molar-refractivity contribution in [2.24, 2.45) is 0 Å². The van der Waals surface area contributed by atoms with Crippen LogP contribution in [0.4, 0.5) is 0 Å². The minimum atomic E-state index is 0.754. The van der Waals surface area contributed by atoms with E-state index in [4.69, 9.17) is 16.3 Å². The van der Waals surface area contributed by atoms with E-state index in [0.717, 1.165) is 42.5 Å². The average Bonchev–Trinajstić information content (AvgIpc) is 2.33. The van der Waals surface area contributed by atoms with Gasteiger partial charge >= 0.3 is 0 Å². The maximum Gasteiger partial charge on any atom is 0.123 e. The van der Waals surface area contributed by atoms with Crippen molar-refractivity contribution >= 4 is 11.6 Å². The van der Waals surface area contributed by atoms with Crippen LogP contribution in [0.3, 0.4) is 0 Å². The Morgan fingerprint density at radius 2 is 2.06 bits per heavy atom. The van der Waals surface area contributed by atoms with E-state index in [1.807, 2.05) is 18.2 Å². The van der Waals surface area contributed by atoms with Crippen LogP contribution >= 0.6 is 11.6 Å². The van der Waals surface area contributed by atoms with Crippen molar-refractivity contribution in [3.05, 3.63) is 28.8 Å². The number of hydrogen-bond donors (Lipinski definition) is 1. The molecule has 0 spiro atoms. The van der Waals surface area contributed by atoms with Crippen molar-refractivity contribution in [2.75, 3.05) is 13.2 Å². The third-order valence-electron chi connectivity index (χ3n) is 2.51. The van der Waals surface area contributed by atoms with Crippen molar-refractivity contribution in [3.63, 3.8) is 0 Å². The summed E-state index contributed by atoms with van der Waals surface area (Å²) in [6.45, 7) is 6.91. The molecule has 0 aliphatic heterocycles. The first kappa shape index (κ1) is 14.3. The second kappa shape index (κ2) is 8.37. The van der Waals surface area contributed by atoms with Gasteiger partial charge in [0, 0.05) is 17.1 Å². The summed E-state index contributed by atoms with van der Waals surface area (Å²) in [5, 5.41) is 4.17. The Bertz CT molecular complexity index is 328. The van der Waals surface area contributed by atoms with Crippen LogP contribution in [-0.4, -0.2) is 13.2 Å². The van der Waals surface area contributed by atoms with Crippen molar-refractivity contribution in [2.45, 2.75) is 39.7 Å². The molecule has 0 saturated carbocycles. The van der Waals surface area contributed by atoms with Crippen molar-refractivity contribution in [1.82, 2.24) is 5.32 Å². The first-order valence-corrected chi connectivity index (χ1v) is 6.77. The van der Waals surface area contributed by atoms with Gasteiger partial charge < -0.3 is 10.1 Å². The molecule has 1 rings (SSSR count). The van der Waals surface area contributed by atoms with E-state index in [0.29, 0.717) is 0 Å². The van der Waals surface area contributed by atoms with Gasteiger partial charge in [-0.3, -0.25) is 0 Å². The molecule has 17 heavy (non-hydrogen) atoms. The number of hydrogen-bond acceptors (Lipinski definition) is 2. The minimum absolute atomic E-state index is 0.754. The zero-order valence-electron chi connectivity index (χ0n) is 10.8. The quantitative estimate of drug-likeness (QED) is 0.709. The Labute approximate surface area is 109 Å². The number of ether oxygens (including phenoxy) is 1. The summed E-state index contributed by atoms with van der Waals surface area (Å²) in [5.41, 5.74) is 1.14. The summed E-state index contributed by atoms with van der Waals surface area (Å²) in [4.78, 5) is 0. The number of nitrogens with one attached hydrogen (secondary N) is 1. The summed E-state index contributed by atoms with van der Waals surface area (Å²) in [6.07, 6.45) is 3.43. The Kier molecular flexibility index (Phi) is 7.06. The van der Waals surface area contributed by atoms with Gasteiger partial charge in [-0.05, 0) is 37.6 Å². The molecule has 0 amide bonds. The van der Waals surface area contributed by atoms with Gasteiger partial charge in [0.2, 0.25) is 0 Å². The van der Waals surface area contributed by atoms with Gasteiger partial charge in [-0.15, -0.1) is 0 Å². The van der Waals surface area contributed by atoms with Crippen LogP contribution in [0.5, 0.6) is 5.75 Å². The second-order valence-corrected chi connectivity index (χ2v) is 4.57. The molecule has 0 unspecified atom stereocenters.